The Bertz CT molecular complexity index is 390. The number of hydrogen-bond donors (Lipinski definition) is 1. The minimum Gasteiger partial charge on any atom is -0.481 e. The van der Waals surface area contributed by atoms with E-state index in [0.29, 0.717) is 12.8 Å². The Morgan fingerprint density at radius 3 is 2.00 bits per heavy atom. The number of allylic oxidation sites excluding steroid dienone is 2. The first-order valence-electron chi connectivity index (χ1n) is 11.2. The van der Waals surface area contributed by atoms with Gasteiger partial charge in [0.05, 0.1) is 6.42 Å². The van der Waals surface area contributed by atoms with Gasteiger partial charge in [0.25, 0.3) is 0 Å². The molecule has 0 rings (SSSR count). The molecule has 1 atom stereocenters. The number of carbonyl (C=O) groups is 2. The zero-order chi connectivity index (χ0) is 20.2. The maximum absolute atomic E-state index is 11.9. The first-order valence-corrected chi connectivity index (χ1v) is 11.2. The smallest absolute Gasteiger partial charge is 0.307 e. The lowest BCUT2D eigenvalue weighted by molar-refractivity contribution is -0.153. The Kier molecular flexibility index (Phi) is 18.5. The Balaban J connectivity index is 3.66. The van der Waals surface area contributed by atoms with Crippen molar-refractivity contribution in [1.29, 1.82) is 0 Å². The monoisotopic (exact) mass is 382 g/mol. The highest BCUT2D eigenvalue weighted by molar-refractivity contribution is 5.71. The van der Waals surface area contributed by atoms with Gasteiger partial charge in [0, 0.05) is 6.42 Å². The molecule has 4 heteroatoms. The van der Waals surface area contributed by atoms with E-state index < -0.39 is 12.1 Å². The molecule has 4 nitrogen and oxygen atoms in total. The second kappa shape index (κ2) is 19.4. The van der Waals surface area contributed by atoms with E-state index in [1.165, 1.54) is 38.5 Å². The molecule has 27 heavy (non-hydrogen) atoms. The third-order valence-electron chi connectivity index (χ3n) is 4.72. The number of carboxylic acids is 1. The molecule has 1 unspecified atom stereocenters. The molecular weight excluding hydrogens is 340 g/mol. The molecule has 0 aliphatic carbocycles. The van der Waals surface area contributed by atoms with Crippen LogP contribution in [0.2, 0.25) is 0 Å². The zero-order valence-electron chi connectivity index (χ0n) is 17.7. The normalized spacial score (nSPS) is 12.4. The van der Waals surface area contributed by atoms with Gasteiger partial charge in [0.1, 0.15) is 6.10 Å². The van der Waals surface area contributed by atoms with Crippen molar-refractivity contribution in [2.45, 2.75) is 123 Å². The minimum atomic E-state index is -0.899. The lowest BCUT2D eigenvalue weighted by Crippen LogP contribution is -2.21. The fraction of sp³-hybridized carbons (Fsp3) is 0.826. The largest absolute Gasteiger partial charge is 0.481 e. The number of unbranched alkanes of at least 4 members (excludes halogenated alkanes) is 10. The van der Waals surface area contributed by atoms with Crippen molar-refractivity contribution in [3.05, 3.63) is 12.2 Å². The van der Waals surface area contributed by atoms with Crippen molar-refractivity contribution < 1.29 is 19.4 Å². The van der Waals surface area contributed by atoms with Crippen molar-refractivity contribution in [1.82, 2.24) is 0 Å². The van der Waals surface area contributed by atoms with Crippen LogP contribution in [0.4, 0.5) is 0 Å². The quantitative estimate of drug-likeness (QED) is 0.151. The van der Waals surface area contributed by atoms with Crippen molar-refractivity contribution in [2.24, 2.45) is 0 Å². The lowest BCUT2D eigenvalue weighted by Gasteiger charge is -2.16. The van der Waals surface area contributed by atoms with E-state index in [2.05, 4.69) is 26.0 Å². The highest BCUT2D eigenvalue weighted by atomic mass is 16.5. The Morgan fingerprint density at radius 1 is 0.815 bits per heavy atom. The third kappa shape index (κ3) is 19.3. The Morgan fingerprint density at radius 2 is 1.37 bits per heavy atom. The molecule has 0 saturated carbocycles. The lowest BCUT2D eigenvalue weighted by atomic mass is 10.1. The molecule has 0 aromatic carbocycles. The summed E-state index contributed by atoms with van der Waals surface area (Å²) in [5.41, 5.74) is 0. The fourth-order valence-corrected chi connectivity index (χ4v) is 3.07. The topological polar surface area (TPSA) is 63.6 Å². The summed E-state index contributed by atoms with van der Waals surface area (Å²) in [4.78, 5) is 22.8. The molecule has 0 heterocycles. The average Bonchev–Trinajstić information content (AvgIpc) is 2.62. The fourth-order valence-electron chi connectivity index (χ4n) is 3.07. The maximum atomic E-state index is 11.9. The zero-order valence-corrected chi connectivity index (χ0v) is 17.7. The summed E-state index contributed by atoms with van der Waals surface area (Å²) in [5.74, 6) is -1.14. The van der Waals surface area contributed by atoms with Gasteiger partial charge >= 0.3 is 11.9 Å². The van der Waals surface area contributed by atoms with E-state index in [9.17, 15) is 9.59 Å². The number of hydrogen-bond acceptors (Lipinski definition) is 3. The number of carbonyl (C=O) groups excluding carboxylic acids is 1. The molecule has 0 aliphatic rings. The Labute approximate surface area is 166 Å². The second-order valence-electron chi connectivity index (χ2n) is 7.48. The molecule has 0 aromatic rings. The van der Waals surface area contributed by atoms with Gasteiger partial charge < -0.3 is 9.84 Å². The molecule has 0 aliphatic heterocycles. The van der Waals surface area contributed by atoms with Crippen molar-refractivity contribution in [3.8, 4) is 0 Å². The molecule has 0 saturated heterocycles. The summed E-state index contributed by atoms with van der Waals surface area (Å²) in [5, 5.41) is 8.95. The first-order chi connectivity index (χ1) is 13.1. The van der Waals surface area contributed by atoms with Crippen molar-refractivity contribution in [3.63, 3.8) is 0 Å². The van der Waals surface area contributed by atoms with Crippen LogP contribution in [0.25, 0.3) is 0 Å². The predicted molar refractivity (Wildman–Crippen MR) is 112 cm³/mol. The van der Waals surface area contributed by atoms with E-state index >= 15 is 0 Å². The first kappa shape index (κ1) is 25.7. The summed E-state index contributed by atoms with van der Waals surface area (Å²) in [6.45, 7) is 4.33. The summed E-state index contributed by atoms with van der Waals surface area (Å²) >= 11 is 0. The van der Waals surface area contributed by atoms with Crippen LogP contribution in [0, 0.1) is 0 Å². The van der Waals surface area contributed by atoms with Crippen LogP contribution in [0.5, 0.6) is 0 Å². The molecule has 0 bridgehead atoms. The summed E-state index contributed by atoms with van der Waals surface area (Å²) in [6.07, 6.45) is 19.8. The van der Waals surface area contributed by atoms with Gasteiger partial charge in [-0.3, -0.25) is 9.59 Å². The average molecular weight is 383 g/mol. The molecule has 0 amide bonds. The number of carboxylic acid groups (broad SMARTS) is 1. The van der Waals surface area contributed by atoms with Crippen LogP contribution < -0.4 is 0 Å². The maximum Gasteiger partial charge on any atom is 0.307 e. The number of esters is 1. The van der Waals surface area contributed by atoms with Gasteiger partial charge in [-0.05, 0) is 44.9 Å². The molecule has 0 radical (unpaired) electrons. The molecular formula is C23H42O4. The molecule has 158 valence electrons. The van der Waals surface area contributed by atoms with Crippen LogP contribution in [0.15, 0.2) is 12.2 Å². The highest BCUT2D eigenvalue weighted by Crippen LogP contribution is 2.14. The van der Waals surface area contributed by atoms with Gasteiger partial charge in [-0.1, -0.05) is 70.9 Å². The number of aliphatic carboxylic acids is 1. The molecule has 0 aromatic heterocycles. The standard InChI is InChI=1S/C23H42O4/c1-3-5-7-8-9-10-11-12-13-14-15-17-19-23(26)27-21(20-22(24)25)18-16-6-4-2/h9-10,21H,3-8,11-20H2,1-2H3,(H,24,25)/b10-9-. The predicted octanol–water partition coefficient (Wildman–Crippen LogP) is 6.82. The summed E-state index contributed by atoms with van der Waals surface area (Å²) < 4.78 is 5.38. The van der Waals surface area contributed by atoms with Gasteiger partial charge in [0.15, 0.2) is 0 Å². The van der Waals surface area contributed by atoms with E-state index in [0.717, 1.165) is 44.9 Å². The summed E-state index contributed by atoms with van der Waals surface area (Å²) in [6, 6.07) is 0. The molecule has 0 fully saturated rings. The van der Waals surface area contributed by atoms with E-state index in [-0.39, 0.29) is 12.4 Å². The van der Waals surface area contributed by atoms with Crippen molar-refractivity contribution >= 4 is 11.9 Å². The van der Waals surface area contributed by atoms with Gasteiger partial charge in [-0.25, -0.2) is 0 Å². The van der Waals surface area contributed by atoms with Crippen LogP contribution >= 0.6 is 0 Å². The van der Waals surface area contributed by atoms with Gasteiger partial charge in [0.2, 0.25) is 0 Å². The number of ether oxygens (including phenoxy) is 1. The van der Waals surface area contributed by atoms with E-state index in [1.807, 2.05) is 0 Å². The van der Waals surface area contributed by atoms with Gasteiger partial charge in [-0.15, -0.1) is 0 Å². The van der Waals surface area contributed by atoms with E-state index in [4.69, 9.17) is 9.84 Å². The number of rotatable bonds is 19. The molecule has 1 N–H and O–H groups in total. The Hall–Kier alpha value is -1.32. The second-order valence-corrected chi connectivity index (χ2v) is 7.48. The van der Waals surface area contributed by atoms with E-state index in [1.54, 1.807) is 0 Å². The van der Waals surface area contributed by atoms with Gasteiger partial charge in [-0.2, -0.15) is 0 Å². The molecule has 0 spiro atoms. The van der Waals surface area contributed by atoms with Crippen LogP contribution in [0.1, 0.15) is 117 Å². The van der Waals surface area contributed by atoms with Crippen LogP contribution in [-0.4, -0.2) is 23.1 Å². The summed E-state index contributed by atoms with van der Waals surface area (Å²) in [7, 11) is 0. The van der Waals surface area contributed by atoms with Crippen LogP contribution in [0.3, 0.4) is 0 Å². The SMILES string of the molecule is CCCCC/C=C\CCCCCCCC(=O)OC(CCCCC)CC(=O)O. The minimum absolute atomic E-state index is 0.0819. The van der Waals surface area contributed by atoms with Crippen molar-refractivity contribution in [2.75, 3.05) is 0 Å². The highest BCUT2D eigenvalue weighted by Gasteiger charge is 2.17. The van der Waals surface area contributed by atoms with Crippen LogP contribution in [-0.2, 0) is 14.3 Å². The third-order valence-corrected chi connectivity index (χ3v) is 4.72.